The standard InChI is InChI=1S/C9H11.CH3.ClH.Mg/c1-8(2)9-6-4-3-5-7-9;;;/h3-7H,1-2H3;1H3;1H;. The lowest BCUT2D eigenvalue weighted by atomic mass is 10.0. The summed E-state index contributed by atoms with van der Waals surface area (Å²) in [6.45, 7) is 4.68. The summed E-state index contributed by atoms with van der Waals surface area (Å²) in [5.41, 5.74) is 1.49. The first-order valence-corrected chi connectivity index (χ1v) is 6.34. The number of benzene rings is 1. The summed E-state index contributed by atoms with van der Waals surface area (Å²) in [6, 6.07) is 10.8. The molecule has 0 bridgehead atoms. The van der Waals surface area contributed by atoms with Crippen molar-refractivity contribution in [3.63, 3.8) is 0 Å². The molecule has 0 aromatic heterocycles. The normalized spacial score (nSPS) is 9.92. The molecule has 0 fully saturated rings. The highest BCUT2D eigenvalue weighted by atomic mass is 35.5. The number of hydrogen-bond donors (Lipinski definition) is 0. The van der Waals surface area contributed by atoms with E-state index in [4.69, 9.17) is 0 Å². The fraction of sp³-hybridized carbons (Fsp3) is 0.400. The van der Waals surface area contributed by atoms with Crippen LogP contribution in [0.15, 0.2) is 30.3 Å². The van der Waals surface area contributed by atoms with Gasteiger partial charge in [0.2, 0.25) is 0 Å². The maximum Gasteiger partial charge on any atom is 0.375 e. The van der Waals surface area contributed by atoms with Crippen molar-refractivity contribution in [1.82, 2.24) is 0 Å². The predicted octanol–water partition coefficient (Wildman–Crippen LogP) is 3.10. The first kappa shape index (κ1) is 12.3. The third-order valence-corrected chi connectivity index (χ3v) is 4.62. The van der Waals surface area contributed by atoms with E-state index in [9.17, 15) is 0 Å². The van der Waals surface area contributed by atoms with Crippen molar-refractivity contribution in [3.05, 3.63) is 35.9 Å². The molecule has 0 amide bonds. The highest BCUT2D eigenvalue weighted by molar-refractivity contribution is 6.38. The van der Waals surface area contributed by atoms with Crippen LogP contribution in [0.4, 0.5) is 0 Å². The Labute approximate surface area is 90.9 Å². The summed E-state index contributed by atoms with van der Waals surface area (Å²) in [7, 11) is 0. The largest absolute Gasteiger partial charge is 0.375 e. The van der Waals surface area contributed by atoms with E-state index < -0.39 is 0 Å². The minimum absolute atomic E-state index is 0. The SMILES string of the molecule is Cl.[CH3][Mg][C](C)(C)c1ccccc1. The van der Waals surface area contributed by atoms with Gasteiger partial charge in [0.15, 0.2) is 0 Å². The third-order valence-electron chi connectivity index (χ3n) is 2.44. The lowest BCUT2D eigenvalue weighted by Crippen LogP contribution is -2.22. The third kappa shape index (κ3) is 2.96. The molecule has 0 saturated heterocycles. The van der Waals surface area contributed by atoms with E-state index in [1.54, 1.807) is 0 Å². The first-order valence-electron chi connectivity index (χ1n) is 4.22. The Kier molecular flexibility index (Phi) is 5.22. The zero-order valence-electron chi connectivity index (χ0n) is 8.00. The smallest absolute Gasteiger partial charge is 0.156 e. The molecular weight excluding hydrogens is 180 g/mol. The van der Waals surface area contributed by atoms with E-state index >= 15 is 0 Å². The van der Waals surface area contributed by atoms with E-state index in [1.807, 2.05) is 0 Å². The molecule has 0 N–H and O–H groups in total. The quantitative estimate of drug-likeness (QED) is 0.636. The van der Waals surface area contributed by atoms with Gasteiger partial charge in [0.1, 0.15) is 0 Å². The van der Waals surface area contributed by atoms with Gasteiger partial charge in [0, 0.05) is 0 Å². The lowest BCUT2D eigenvalue weighted by molar-refractivity contribution is 0.752. The summed E-state index contributed by atoms with van der Waals surface area (Å²) in [5.74, 6) is 0. The van der Waals surface area contributed by atoms with E-state index in [2.05, 4.69) is 49.2 Å². The van der Waals surface area contributed by atoms with Crippen molar-refractivity contribution in [2.45, 2.75) is 22.4 Å². The monoisotopic (exact) mass is 194 g/mol. The fourth-order valence-electron chi connectivity index (χ4n) is 1.09. The van der Waals surface area contributed by atoms with Gasteiger partial charge in [-0.3, -0.25) is 0 Å². The van der Waals surface area contributed by atoms with Crippen LogP contribution in [0.1, 0.15) is 19.4 Å². The molecule has 0 aliphatic heterocycles. The Hall–Kier alpha value is 0.276. The van der Waals surface area contributed by atoms with Crippen molar-refractivity contribution in [3.8, 4) is 0 Å². The van der Waals surface area contributed by atoms with Crippen molar-refractivity contribution < 1.29 is 0 Å². The average molecular weight is 195 g/mol. The topological polar surface area (TPSA) is 0 Å². The first-order chi connectivity index (χ1) is 5.17. The Morgan fingerprint density at radius 1 is 1.08 bits per heavy atom. The summed E-state index contributed by atoms with van der Waals surface area (Å²) >= 11 is 0.0436. The second-order valence-corrected chi connectivity index (χ2v) is 6.08. The molecule has 0 heterocycles. The van der Waals surface area contributed by atoms with Crippen LogP contribution in [-0.4, -0.2) is 20.4 Å². The van der Waals surface area contributed by atoms with Crippen LogP contribution in [0.5, 0.6) is 0 Å². The van der Waals surface area contributed by atoms with Crippen molar-refractivity contribution >= 4 is 32.8 Å². The molecule has 12 heavy (non-hydrogen) atoms. The van der Waals surface area contributed by atoms with Gasteiger partial charge in [-0.25, -0.2) is 0 Å². The molecular formula is C10H15ClMg. The Balaban J connectivity index is 0.00000121. The summed E-state index contributed by atoms with van der Waals surface area (Å²) < 4.78 is 0.473. The predicted molar refractivity (Wildman–Crippen MR) is 58.3 cm³/mol. The van der Waals surface area contributed by atoms with Gasteiger partial charge in [-0.1, -0.05) is 49.7 Å². The zero-order valence-corrected chi connectivity index (χ0v) is 10.2. The van der Waals surface area contributed by atoms with Gasteiger partial charge in [-0.15, -0.1) is 16.0 Å². The second kappa shape index (κ2) is 5.10. The van der Waals surface area contributed by atoms with E-state index in [0.29, 0.717) is 3.54 Å². The van der Waals surface area contributed by atoms with Gasteiger partial charge in [0.05, 0.1) is 0 Å². The van der Waals surface area contributed by atoms with Gasteiger partial charge in [-0.2, -0.15) is 5.05 Å². The molecule has 0 spiro atoms. The Morgan fingerprint density at radius 2 is 1.58 bits per heavy atom. The van der Waals surface area contributed by atoms with E-state index in [1.165, 1.54) is 5.56 Å². The lowest BCUT2D eigenvalue weighted by Gasteiger charge is -2.23. The highest BCUT2D eigenvalue weighted by Gasteiger charge is 2.18. The van der Waals surface area contributed by atoms with Crippen LogP contribution in [0.25, 0.3) is 0 Å². The molecule has 0 atom stereocenters. The summed E-state index contributed by atoms with van der Waals surface area (Å²) in [6.07, 6.45) is 0. The summed E-state index contributed by atoms with van der Waals surface area (Å²) in [5, 5.41) is 2.37. The molecule has 0 radical (unpaired) electrons. The maximum absolute atomic E-state index is 2.37. The molecule has 1 rings (SSSR count). The number of halogens is 1. The van der Waals surface area contributed by atoms with Gasteiger partial charge >= 0.3 is 20.4 Å². The Bertz CT molecular complexity index is 219. The molecule has 1 aromatic carbocycles. The van der Waals surface area contributed by atoms with Crippen molar-refractivity contribution in [2.75, 3.05) is 0 Å². The van der Waals surface area contributed by atoms with Gasteiger partial charge in [-0.05, 0) is 0 Å². The average Bonchev–Trinajstić information content (AvgIpc) is 2.06. The van der Waals surface area contributed by atoms with E-state index in [-0.39, 0.29) is 32.8 Å². The van der Waals surface area contributed by atoms with Crippen molar-refractivity contribution in [2.24, 2.45) is 0 Å². The molecule has 2 heteroatoms. The zero-order chi connectivity index (χ0) is 8.32. The minimum atomic E-state index is 0. The number of rotatable bonds is 2. The molecule has 0 nitrogen and oxygen atoms in total. The number of hydrogen-bond acceptors (Lipinski definition) is 0. The maximum atomic E-state index is 2.37. The van der Waals surface area contributed by atoms with Crippen LogP contribution in [0.3, 0.4) is 0 Å². The van der Waals surface area contributed by atoms with Crippen LogP contribution in [-0.2, 0) is 3.54 Å². The Morgan fingerprint density at radius 3 is 2.00 bits per heavy atom. The van der Waals surface area contributed by atoms with Crippen LogP contribution < -0.4 is 0 Å². The fourth-order valence-corrected chi connectivity index (χ4v) is 1.74. The van der Waals surface area contributed by atoms with Crippen molar-refractivity contribution in [1.29, 1.82) is 0 Å². The highest BCUT2D eigenvalue weighted by Crippen LogP contribution is 2.20. The van der Waals surface area contributed by atoms with Crippen LogP contribution >= 0.6 is 12.4 Å². The molecule has 0 aliphatic rings. The van der Waals surface area contributed by atoms with Gasteiger partial charge < -0.3 is 0 Å². The van der Waals surface area contributed by atoms with Gasteiger partial charge in [0.25, 0.3) is 0 Å². The molecule has 64 valence electrons. The van der Waals surface area contributed by atoms with Crippen LogP contribution in [0, 0.1) is 0 Å². The molecule has 1 aromatic rings. The minimum Gasteiger partial charge on any atom is -0.156 e. The van der Waals surface area contributed by atoms with Crippen LogP contribution in [0.2, 0.25) is 5.05 Å². The second-order valence-electron chi connectivity index (χ2n) is 3.60. The van der Waals surface area contributed by atoms with E-state index in [0.717, 1.165) is 0 Å². The molecule has 0 unspecified atom stereocenters. The summed E-state index contributed by atoms with van der Waals surface area (Å²) in [4.78, 5) is 0. The molecule has 0 aliphatic carbocycles. The molecule has 0 saturated carbocycles.